The number of halogens is 4. The van der Waals surface area contributed by atoms with Crippen molar-refractivity contribution in [2.45, 2.75) is 57.8 Å². The monoisotopic (exact) mass is 331 g/mol. The molecular weight excluding hydrogens is 306 g/mol. The Morgan fingerprint density at radius 2 is 1.91 bits per heavy atom. The zero-order chi connectivity index (χ0) is 17.2. The predicted octanol–water partition coefficient (Wildman–Crippen LogP) is 5.31. The lowest BCUT2D eigenvalue weighted by Gasteiger charge is -2.38. The third-order valence-corrected chi connectivity index (χ3v) is 4.62. The Hall–Kier alpha value is -1.10. The topological polar surface area (TPSA) is 3.24 Å². The fraction of sp³-hybridized carbons (Fsp3) is 0.667. The summed E-state index contributed by atoms with van der Waals surface area (Å²) in [7, 11) is 0. The molecule has 130 valence electrons. The Morgan fingerprint density at radius 3 is 2.48 bits per heavy atom. The summed E-state index contributed by atoms with van der Waals surface area (Å²) >= 11 is 0. The smallest absolute Gasteiger partial charge is 0.267 e. The van der Waals surface area contributed by atoms with Gasteiger partial charge in [0.2, 0.25) is 0 Å². The molecule has 1 aromatic carbocycles. The fourth-order valence-electron chi connectivity index (χ4n) is 3.25. The van der Waals surface area contributed by atoms with Gasteiger partial charge in [0, 0.05) is 0 Å². The van der Waals surface area contributed by atoms with Gasteiger partial charge in [0.25, 0.3) is 5.92 Å². The van der Waals surface area contributed by atoms with Crippen LogP contribution in [-0.4, -0.2) is 30.5 Å². The maximum absolute atomic E-state index is 14.5. The predicted molar refractivity (Wildman–Crippen MR) is 84.1 cm³/mol. The molecule has 1 aliphatic rings. The van der Waals surface area contributed by atoms with Gasteiger partial charge in [-0.25, -0.2) is 17.6 Å². The fourth-order valence-corrected chi connectivity index (χ4v) is 3.25. The zero-order valence-electron chi connectivity index (χ0n) is 14.0. The maximum atomic E-state index is 14.5. The molecular formula is C18H25F4N. The van der Waals surface area contributed by atoms with Crippen molar-refractivity contribution >= 4 is 0 Å². The van der Waals surface area contributed by atoms with E-state index in [9.17, 15) is 17.6 Å². The van der Waals surface area contributed by atoms with Gasteiger partial charge in [-0.3, -0.25) is 4.90 Å². The number of piperidine rings is 1. The summed E-state index contributed by atoms with van der Waals surface area (Å²) in [6.45, 7) is 6.25. The average molecular weight is 331 g/mol. The molecule has 2 rings (SSSR count). The highest BCUT2D eigenvalue weighted by atomic mass is 19.3. The Labute approximate surface area is 135 Å². The van der Waals surface area contributed by atoms with E-state index in [0.717, 1.165) is 25.0 Å². The molecule has 0 aromatic heterocycles. The van der Waals surface area contributed by atoms with Gasteiger partial charge < -0.3 is 0 Å². The third-order valence-electron chi connectivity index (χ3n) is 4.62. The van der Waals surface area contributed by atoms with Crippen molar-refractivity contribution in [3.63, 3.8) is 0 Å². The van der Waals surface area contributed by atoms with E-state index in [1.54, 1.807) is 18.7 Å². The molecule has 0 bridgehead atoms. The summed E-state index contributed by atoms with van der Waals surface area (Å²) in [6, 6.07) is 2.06. The highest BCUT2D eigenvalue weighted by Crippen LogP contribution is 2.42. The molecule has 0 amide bonds. The summed E-state index contributed by atoms with van der Waals surface area (Å²) in [4.78, 5) is 1.72. The van der Waals surface area contributed by atoms with Crippen molar-refractivity contribution in [2.24, 2.45) is 0 Å². The SMILES string of the molecule is CCCCN1CCC(c2cc(F)c(C(C)C)cc2F)C(F)(F)C1. The van der Waals surface area contributed by atoms with Crippen molar-refractivity contribution in [3.05, 3.63) is 34.9 Å². The number of hydrogen-bond acceptors (Lipinski definition) is 1. The summed E-state index contributed by atoms with van der Waals surface area (Å²) in [5.41, 5.74) is 0.0435. The van der Waals surface area contributed by atoms with Crippen LogP contribution in [0.15, 0.2) is 12.1 Å². The van der Waals surface area contributed by atoms with Crippen LogP contribution in [0.3, 0.4) is 0 Å². The van der Waals surface area contributed by atoms with Crippen LogP contribution in [0.1, 0.15) is 63.0 Å². The maximum Gasteiger partial charge on any atom is 0.267 e. The van der Waals surface area contributed by atoms with Gasteiger partial charge in [-0.1, -0.05) is 27.2 Å². The standard InChI is InChI=1S/C18H25F4N/c1-4-5-7-23-8-6-15(18(21,22)11-23)14-10-16(19)13(12(2)3)9-17(14)20/h9-10,12,15H,4-8,11H2,1-3H3. The second kappa shape index (κ2) is 7.20. The summed E-state index contributed by atoms with van der Waals surface area (Å²) in [6.07, 6.45) is 1.96. The van der Waals surface area contributed by atoms with E-state index in [4.69, 9.17) is 0 Å². The van der Waals surface area contributed by atoms with Crippen LogP contribution in [0, 0.1) is 11.6 Å². The molecule has 1 nitrogen and oxygen atoms in total. The highest BCUT2D eigenvalue weighted by Gasteiger charge is 2.46. The van der Waals surface area contributed by atoms with Crippen LogP contribution < -0.4 is 0 Å². The van der Waals surface area contributed by atoms with E-state index in [1.165, 1.54) is 0 Å². The van der Waals surface area contributed by atoms with Crippen LogP contribution >= 0.6 is 0 Å². The van der Waals surface area contributed by atoms with Gasteiger partial charge >= 0.3 is 0 Å². The number of unbranched alkanes of at least 4 members (excludes halogenated alkanes) is 1. The zero-order valence-corrected chi connectivity index (χ0v) is 14.0. The molecule has 1 fully saturated rings. The van der Waals surface area contributed by atoms with E-state index in [1.807, 2.05) is 6.92 Å². The number of alkyl halides is 2. The molecule has 1 heterocycles. The quantitative estimate of drug-likeness (QED) is 0.661. The van der Waals surface area contributed by atoms with Gasteiger partial charge in [-0.2, -0.15) is 0 Å². The van der Waals surface area contributed by atoms with Gasteiger partial charge in [0.05, 0.1) is 12.5 Å². The van der Waals surface area contributed by atoms with Crippen LogP contribution in [0.5, 0.6) is 0 Å². The number of hydrogen-bond donors (Lipinski definition) is 0. The largest absolute Gasteiger partial charge is 0.297 e. The molecule has 1 atom stereocenters. The number of benzene rings is 1. The van der Waals surface area contributed by atoms with Crippen LogP contribution in [-0.2, 0) is 0 Å². The third kappa shape index (κ3) is 4.06. The molecule has 0 N–H and O–H groups in total. The highest BCUT2D eigenvalue weighted by molar-refractivity contribution is 5.32. The van der Waals surface area contributed by atoms with Crippen LogP contribution in [0.2, 0.25) is 0 Å². The second-order valence-electron chi connectivity index (χ2n) is 6.78. The first-order chi connectivity index (χ1) is 10.8. The van der Waals surface area contributed by atoms with E-state index in [2.05, 4.69) is 0 Å². The normalized spacial score (nSPS) is 21.8. The van der Waals surface area contributed by atoms with E-state index >= 15 is 0 Å². The lowest BCUT2D eigenvalue weighted by molar-refractivity contribution is -0.0836. The van der Waals surface area contributed by atoms with Gasteiger partial charge in [-0.05, 0) is 55.1 Å². The summed E-state index contributed by atoms with van der Waals surface area (Å²) < 4.78 is 57.4. The first kappa shape index (κ1) is 18.2. The molecule has 5 heteroatoms. The number of rotatable bonds is 5. The van der Waals surface area contributed by atoms with Gasteiger partial charge in [-0.15, -0.1) is 0 Å². The lowest BCUT2D eigenvalue weighted by atomic mass is 9.84. The minimum absolute atomic E-state index is 0.147. The van der Waals surface area contributed by atoms with Crippen molar-refractivity contribution in [1.29, 1.82) is 0 Å². The van der Waals surface area contributed by atoms with Crippen molar-refractivity contribution in [2.75, 3.05) is 19.6 Å². The lowest BCUT2D eigenvalue weighted by Crippen LogP contribution is -2.47. The molecule has 0 aliphatic carbocycles. The minimum atomic E-state index is -3.04. The Kier molecular flexibility index (Phi) is 5.71. The second-order valence-corrected chi connectivity index (χ2v) is 6.78. The Bertz CT molecular complexity index is 542. The molecule has 1 saturated heterocycles. The van der Waals surface area contributed by atoms with Crippen molar-refractivity contribution < 1.29 is 17.6 Å². The van der Waals surface area contributed by atoms with Gasteiger partial charge in [0.15, 0.2) is 0 Å². The molecule has 23 heavy (non-hydrogen) atoms. The molecule has 1 unspecified atom stereocenters. The van der Waals surface area contributed by atoms with Crippen molar-refractivity contribution in [3.8, 4) is 0 Å². The van der Waals surface area contributed by atoms with E-state index < -0.39 is 23.5 Å². The molecule has 0 spiro atoms. The average Bonchev–Trinajstić information content (AvgIpc) is 2.46. The van der Waals surface area contributed by atoms with Crippen molar-refractivity contribution in [1.82, 2.24) is 4.90 Å². The molecule has 1 aromatic rings. The summed E-state index contributed by atoms with van der Waals surface area (Å²) in [5.74, 6) is -5.80. The van der Waals surface area contributed by atoms with Crippen LogP contribution in [0.4, 0.5) is 17.6 Å². The number of likely N-dealkylation sites (tertiary alicyclic amines) is 1. The molecule has 0 saturated carbocycles. The first-order valence-corrected chi connectivity index (χ1v) is 8.35. The minimum Gasteiger partial charge on any atom is -0.297 e. The van der Waals surface area contributed by atoms with Gasteiger partial charge in [0.1, 0.15) is 11.6 Å². The van der Waals surface area contributed by atoms with E-state index in [-0.39, 0.29) is 30.0 Å². The molecule has 0 radical (unpaired) electrons. The first-order valence-electron chi connectivity index (χ1n) is 8.35. The summed E-state index contributed by atoms with van der Waals surface area (Å²) in [5, 5.41) is 0. The molecule has 1 aliphatic heterocycles. The Balaban J connectivity index is 2.24. The van der Waals surface area contributed by atoms with E-state index in [0.29, 0.717) is 13.1 Å². The number of nitrogens with zero attached hydrogens (tertiary/aromatic N) is 1. The van der Waals surface area contributed by atoms with Crippen LogP contribution in [0.25, 0.3) is 0 Å². The Morgan fingerprint density at radius 1 is 1.22 bits per heavy atom.